The fourth-order valence-electron chi connectivity index (χ4n) is 4.06. The number of hydrogen-bond acceptors (Lipinski definition) is 5. The molecule has 0 amide bonds. The molecule has 0 saturated carbocycles. The van der Waals surface area contributed by atoms with Crippen LogP contribution in [0, 0.1) is 0 Å². The van der Waals surface area contributed by atoms with E-state index in [2.05, 4.69) is 52.4 Å². The third kappa shape index (κ3) is 3.61. The summed E-state index contributed by atoms with van der Waals surface area (Å²) in [6.07, 6.45) is 6.99. The van der Waals surface area contributed by atoms with Gasteiger partial charge in [0, 0.05) is 31.0 Å². The van der Waals surface area contributed by atoms with Gasteiger partial charge in [-0.05, 0) is 41.8 Å². The van der Waals surface area contributed by atoms with Crippen molar-refractivity contribution in [1.82, 2.24) is 14.6 Å². The van der Waals surface area contributed by atoms with Crippen LogP contribution in [0.2, 0.25) is 0 Å². The zero-order chi connectivity index (χ0) is 21.2. The second-order valence-electron chi connectivity index (χ2n) is 7.47. The summed E-state index contributed by atoms with van der Waals surface area (Å²) in [5, 5.41) is 4.77. The average molecular weight is 412 g/mol. The Kier molecular flexibility index (Phi) is 5.04. The Bertz CT molecular complexity index is 1250. The smallest absolute Gasteiger partial charge is 0.161 e. The van der Waals surface area contributed by atoms with Gasteiger partial charge >= 0.3 is 0 Å². The summed E-state index contributed by atoms with van der Waals surface area (Å²) in [5.41, 5.74) is 5.52. The molecule has 0 radical (unpaired) electrons. The van der Waals surface area contributed by atoms with Crippen molar-refractivity contribution in [3.05, 3.63) is 78.6 Å². The van der Waals surface area contributed by atoms with Crippen LogP contribution in [0.5, 0.6) is 11.5 Å². The van der Waals surface area contributed by atoms with Gasteiger partial charge in [-0.1, -0.05) is 36.4 Å². The first-order valence-corrected chi connectivity index (χ1v) is 10.3. The summed E-state index contributed by atoms with van der Waals surface area (Å²) < 4.78 is 12.7. The lowest BCUT2D eigenvalue weighted by molar-refractivity contribution is 0.355. The number of benzene rings is 2. The Morgan fingerprint density at radius 3 is 2.48 bits per heavy atom. The largest absolute Gasteiger partial charge is 0.493 e. The molecule has 2 aromatic heterocycles. The first-order valence-electron chi connectivity index (χ1n) is 10.3. The van der Waals surface area contributed by atoms with E-state index in [9.17, 15) is 0 Å². The van der Waals surface area contributed by atoms with Crippen LogP contribution in [0.15, 0.2) is 73.1 Å². The van der Waals surface area contributed by atoms with Crippen LogP contribution >= 0.6 is 0 Å². The summed E-state index contributed by atoms with van der Waals surface area (Å²) >= 11 is 0. The number of nitrogens with zero attached hydrogens (tertiary/aromatic N) is 4. The minimum atomic E-state index is 0.685. The molecule has 0 fully saturated rings. The lowest BCUT2D eigenvalue weighted by Gasteiger charge is -2.28. The normalized spacial score (nSPS) is 13.9. The van der Waals surface area contributed by atoms with E-state index in [1.165, 1.54) is 11.1 Å². The first-order chi connectivity index (χ1) is 15.3. The van der Waals surface area contributed by atoms with E-state index in [1.807, 2.05) is 35.1 Å². The number of anilines is 1. The number of ether oxygens (including phenoxy) is 2. The topological polar surface area (TPSA) is 51.9 Å². The van der Waals surface area contributed by atoms with Crippen molar-refractivity contribution >= 4 is 16.9 Å². The van der Waals surface area contributed by atoms with Crippen molar-refractivity contribution in [2.45, 2.75) is 6.42 Å². The third-order valence-electron chi connectivity index (χ3n) is 5.70. The van der Waals surface area contributed by atoms with E-state index in [4.69, 9.17) is 14.6 Å². The molecule has 0 aliphatic carbocycles. The molecular weight excluding hydrogens is 388 g/mol. The fourth-order valence-corrected chi connectivity index (χ4v) is 4.06. The number of aromatic nitrogens is 3. The van der Waals surface area contributed by atoms with Crippen molar-refractivity contribution in [3.8, 4) is 22.8 Å². The van der Waals surface area contributed by atoms with Gasteiger partial charge in [-0.15, -0.1) is 0 Å². The summed E-state index contributed by atoms with van der Waals surface area (Å²) in [4.78, 5) is 6.99. The Balaban J connectivity index is 1.47. The van der Waals surface area contributed by atoms with Crippen molar-refractivity contribution in [2.75, 3.05) is 32.2 Å². The van der Waals surface area contributed by atoms with Crippen LogP contribution in [-0.4, -0.2) is 41.9 Å². The first kappa shape index (κ1) is 19.2. The molecule has 0 bridgehead atoms. The Labute approximate surface area is 181 Å². The molecule has 0 atom stereocenters. The van der Waals surface area contributed by atoms with Crippen molar-refractivity contribution in [3.63, 3.8) is 0 Å². The predicted molar refractivity (Wildman–Crippen MR) is 123 cm³/mol. The Morgan fingerprint density at radius 1 is 0.903 bits per heavy atom. The van der Waals surface area contributed by atoms with Gasteiger partial charge in [0.15, 0.2) is 17.3 Å². The zero-order valence-electron chi connectivity index (χ0n) is 17.7. The van der Waals surface area contributed by atoms with Gasteiger partial charge in [-0.2, -0.15) is 5.10 Å². The van der Waals surface area contributed by atoms with E-state index < -0.39 is 0 Å². The number of rotatable bonds is 5. The minimum absolute atomic E-state index is 0.685. The van der Waals surface area contributed by atoms with Crippen LogP contribution in [0.4, 0.5) is 5.82 Å². The molecule has 5 rings (SSSR count). The van der Waals surface area contributed by atoms with Gasteiger partial charge in [0.25, 0.3) is 0 Å². The van der Waals surface area contributed by atoms with Gasteiger partial charge in [0.1, 0.15) is 5.52 Å². The molecule has 0 unspecified atom stereocenters. The van der Waals surface area contributed by atoms with E-state index in [0.29, 0.717) is 11.5 Å². The molecule has 31 heavy (non-hydrogen) atoms. The van der Waals surface area contributed by atoms with E-state index >= 15 is 0 Å². The van der Waals surface area contributed by atoms with Gasteiger partial charge in [-0.3, -0.25) is 0 Å². The van der Waals surface area contributed by atoms with Crippen molar-refractivity contribution in [1.29, 1.82) is 0 Å². The van der Waals surface area contributed by atoms with Crippen LogP contribution in [0.1, 0.15) is 12.0 Å². The summed E-state index contributed by atoms with van der Waals surface area (Å²) in [6, 6.07) is 18.5. The summed E-state index contributed by atoms with van der Waals surface area (Å²) in [6.45, 7) is 1.75. The highest BCUT2D eigenvalue weighted by atomic mass is 16.5. The lowest BCUT2D eigenvalue weighted by Crippen LogP contribution is -2.29. The maximum atomic E-state index is 5.45. The molecule has 6 nitrogen and oxygen atoms in total. The molecule has 1 aliphatic rings. The molecule has 6 heteroatoms. The molecule has 0 N–H and O–H groups in total. The lowest BCUT2D eigenvalue weighted by atomic mass is 9.99. The van der Waals surface area contributed by atoms with Crippen molar-refractivity contribution in [2.24, 2.45) is 0 Å². The Hall–Kier alpha value is -3.80. The highest BCUT2D eigenvalue weighted by molar-refractivity contribution is 5.77. The minimum Gasteiger partial charge on any atom is -0.493 e. The maximum Gasteiger partial charge on any atom is 0.161 e. The quantitative estimate of drug-likeness (QED) is 0.475. The summed E-state index contributed by atoms with van der Waals surface area (Å²) in [5.74, 6) is 2.33. The molecule has 0 saturated heterocycles. The highest BCUT2D eigenvalue weighted by Gasteiger charge is 2.18. The second kappa shape index (κ2) is 8.14. The molecule has 3 heterocycles. The molecule has 4 aromatic rings. The monoisotopic (exact) mass is 412 g/mol. The number of fused-ring (bicyclic) bond motifs is 1. The van der Waals surface area contributed by atoms with Gasteiger partial charge in [0.05, 0.1) is 19.9 Å². The van der Waals surface area contributed by atoms with E-state index in [0.717, 1.165) is 42.1 Å². The standard InChI is InChI=1S/C25H24N4O2/c1-30-23-9-8-20(16-24(23)31-2)21-17-22-25(26-12-15-29(22)27-21)28-13-10-19(11-14-28)18-6-4-3-5-7-18/h3-10,12,15-17H,11,13-14H2,1-2H3. The second-order valence-corrected chi connectivity index (χ2v) is 7.47. The molecule has 1 aliphatic heterocycles. The predicted octanol–water partition coefficient (Wildman–Crippen LogP) is 4.71. The molecular formula is C25H24N4O2. The van der Waals surface area contributed by atoms with E-state index in [1.54, 1.807) is 14.2 Å². The highest BCUT2D eigenvalue weighted by Crippen LogP contribution is 2.33. The average Bonchev–Trinajstić information content (AvgIpc) is 3.29. The van der Waals surface area contributed by atoms with Crippen LogP contribution in [-0.2, 0) is 0 Å². The maximum absolute atomic E-state index is 5.45. The van der Waals surface area contributed by atoms with Crippen LogP contribution in [0.3, 0.4) is 0 Å². The summed E-state index contributed by atoms with van der Waals surface area (Å²) in [7, 11) is 3.28. The van der Waals surface area contributed by atoms with Crippen LogP contribution in [0.25, 0.3) is 22.3 Å². The van der Waals surface area contributed by atoms with E-state index in [-0.39, 0.29) is 0 Å². The molecule has 2 aromatic carbocycles. The SMILES string of the molecule is COc1ccc(-c2cc3c(N4CC=C(c5ccccc5)CC4)nccn3n2)cc1OC. The number of methoxy groups -OCH3 is 2. The van der Waals surface area contributed by atoms with Gasteiger partial charge in [-0.25, -0.2) is 9.50 Å². The van der Waals surface area contributed by atoms with Crippen LogP contribution < -0.4 is 14.4 Å². The van der Waals surface area contributed by atoms with Gasteiger partial charge in [0.2, 0.25) is 0 Å². The zero-order valence-corrected chi connectivity index (χ0v) is 17.7. The van der Waals surface area contributed by atoms with Gasteiger partial charge < -0.3 is 14.4 Å². The van der Waals surface area contributed by atoms with Crippen molar-refractivity contribution < 1.29 is 9.47 Å². The molecule has 156 valence electrons. The molecule has 0 spiro atoms. The Morgan fingerprint density at radius 2 is 1.74 bits per heavy atom. The fraction of sp³-hybridized carbons (Fsp3) is 0.200. The third-order valence-corrected chi connectivity index (χ3v) is 5.70. The number of hydrogen-bond donors (Lipinski definition) is 0.